The Morgan fingerprint density at radius 2 is 1.96 bits per heavy atom. The molecular formula is C14H27N5O3S. The van der Waals surface area contributed by atoms with E-state index in [1.165, 1.54) is 0 Å². The van der Waals surface area contributed by atoms with Gasteiger partial charge in [0.1, 0.15) is 12.3 Å². The molecule has 132 valence electrons. The zero-order chi connectivity index (χ0) is 17.7. The average Bonchev–Trinajstić information content (AvgIpc) is 2.69. The second kappa shape index (κ2) is 7.78. The van der Waals surface area contributed by atoms with Crippen molar-refractivity contribution in [1.29, 1.82) is 0 Å². The van der Waals surface area contributed by atoms with E-state index in [1.54, 1.807) is 13.8 Å². The fourth-order valence-electron chi connectivity index (χ4n) is 1.94. The average molecular weight is 345 g/mol. The first-order valence-electron chi connectivity index (χ1n) is 7.46. The van der Waals surface area contributed by atoms with Crippen LogP contribution in [-0.2, 0) is 16.6 Å². The van der Waals surface area contributed by atoms with Crippen LogP contribution in [0.4, 0.5) is 0 Å². The number of hydrogen-bond donors (Lipinski definition) is 3. The number of sulfonamides is 1. The fourth-order valence-corrected chi connectivity index (χ4v) is 3.01. The van der Waals surface area contributed by atoms with E-state index in [2.05, 4.69) is 25.3 Å². The van der Waals surface area contributed by atoms with E-state index in [1.807, 2.05) is 20.8 Å². The minimum atomic E-state index is -3.27. The predicted molar refractivity (Wildman–Crippen MR) is 90.9 cm³/mol. The maximum Gasteiger partial charge on any atom is 0.216 e. The molecule has 8 nitrogen and oxygen atoms in total. The number of nitrogens with zero attached hydrogens (tertiary/aromatic N) is 2. The number of aromatic nitrogens is 1. The van der Waals surface area contributed by atoms with Gasteiger partial charge in [0.05, 0.1) is 11.9 Å². The van der Waals surface area contributed by atoms with Gasteiger partial charge in [0.2, 0.25) is 15.9 Å². The lowest BCUT2D eigenvalue weighted by atomic mass is 10.1. The van der Waals surface area contributed by atoms with E-state index in [9.17, 15) is 8.42 Å². The first-order chi connectivity index (χ1) is 10.5. The molecule has 0 aliphatic heterocycles. The summed E-state index contributed by atoms with van der Waals surface area (Å²) < 4.78 is 30.8. The summed E-state index contributed by atoms with van der Waals surface area (Å²) in [6.07, 6.45) is 1.14. The summed E-state index contributed by atoms with van der Waals surface area (Å²) in [5, 5.41) is 6.22. The van der Waals surface area contributed by atoms with Gasteiger partial charge in [-0.2, -0.15) is 0 Å². The fraction of sp³-hybridized carbons (Fsp3) is 0.714. The van der Waals surface area contributed by atoms with Crippen molar-refractivity contribution >= 4 is 16.0 Å². The highest BCUT2D eigenvalue weighted by Crippen LogP contribution is 2.09. The lowest BCUT2D eigenvalue weighted by Crippen LogP contribution is -2.53. The largest absolute Gasteiger partial charge is 0.444 e. The van der Waals surface area contributed by atoms with Crippen LogP contribution in [0.3, 0.4) is 0 Å². The van der Waals surface area contributed by atoms with Crippen LogP contribution in [0.2, 0.25) is 0 Å². The van der Waals surface area contributed by atoms with Crippen LogP contribution in [0, 0.1) is 13.8 Å². The minimum absolute atomic E-state index is 0.309. The molecule has 9 heteroatoms. The molecule has 1 heterocycles. The maximum atomic E-state index is 11.4. The highest BCUT2D eigenvalue weighted by molar-refractivity contribution is 7.88. The summed E-state index contributed by atoms with van der Waals surface area (Å²) in [5.74, 6) is 1.90. The molecule has 1 rings (SSSR count). The van der Waals surface area contributed by atoms with Gasteiger partial charge in [0.15, 0.2) is 5.96 Å². The van der Waals surface area contributed by atoms with Crippen molar-refractivity contribution in [3.8, 4) is 0 Å². The Labute approximate surface area is 138 Å². The number of guanidine groups is 1. The zero-order valence-electron chi connectivity index (χ0n) is 14.6. The topological polar surface area (TPSA) is 109 Å². The van der Waals surface area contributed by atoms with E-state index < -0.39 is 15.6 Å². The second-order valence-corrected chi connectivity index (χ2v) is 7.80. The quantitative estimate of drug-likeness (QED) is 0.495. The normalized spacial score (nSPS) is 13.2. The molecule has 0 bridgehead atoms. The lowest BCUT2D eigenvalue weighted by Gasteiger charge is -2.26. The highest BCUT2D eigenvalue weighted by Gasteiger charge is 2.22. The number of rotatable bonds is 7. The summed E-state index contributed by atoms with van der Waals surface area (Å²) >= 11 is 0. The van der Waals surface area contributed by atoms with Gasteiger partial charge in [-0.15, -0.1) is 0 Å². The van der Waals surface area contributed by atoms with Crippen LogP contribution in [0.5, 0.6) is 0 Å². The Hall–Kier alpha value is -1.61. The Morgan fingerprint density at radius 3 is 2.43 bits per heavy atom. The van der Waals surface area contributed by atoms with Crippen molar-refractivity contribution in [2.75, 3.05) is 19.3 Å². The summed E-state index contributed by atoms with van der Waals surface area (Å²) in [4.78, 5) is 8.68. The van der Waals surface area contributed by atoms with Crippen molar-refractivity contribution in [2.24, 2.45) is 4.99 Å². The van der Waals surface area contributed by atoms with Crippen LogP contribution in [0.25, 0.3) is 0 Å². The molecule has 0 amide bonds. The number of aryl methyl sites for hydroxylation is 2. The summed E-state index contributed by atoms with van der Waals surface area (Å²) in [6.45, 7) is 10.7. The molecule has 1 aromatic rings. The van der Waals surface area contributed by atoms with E-state index in [4.69, 9.17) is 4.42 Å². The minimum Gasteiger partial charge on any atom is -0.444 e. The van der Waals surface area contributed by atoms with Gasteiger partial charge >= 0.3 is 0 Å². The molecule has 0 unspecified atom stereocenters. The van der Waals surface area contributed by atoms with Crippen LogP contribution < -0.4 is 15.4 Å². The predicted octanol–water partition coefficient (Wildman–Crippen LogP) is 0.674. The van der Waals surface area contributed by atoms with Crippen molar-refractivity contribution < 1.29 is 12.8 Å². The molecular weight excluding hydrogens is 318 g/mol. The molecule has 0 spiro atoms. The Balaban J connectivity index is 2.69. The van der Waals surface area contributed by atoms with Gasteiger partial charge in [0, 0.05) is 18.6 Å². The van der Waals surface area contributed by atoms with Gasteiger partial charge in [-0.1, -0.05) is 0 Å². The molecule has 1 aromatic heterocycles. The van der Waals surface area contributed by atoms with Gasteiger partial charge in [-0.05, 0) is 34.6 Å². The molecule has 0 aliphatic carbocycles. The SMILES string of the molecule is CCNC(=NCc1nc(C)c(C)o1)NCC(C)(C)NS(C)(=O)=O. The van der Waals surface area contributed by atoms with Crippen molar-refractivity contribution in [3.63, 3.8) is 0 Å². The van der Waals surface area contributed by atoms with E-state index in [0.717, 1.165) is 17.7 Å². The molecule has 0 aliphatic rings. The number of hydrogen-bond acceptors (Lipinski definition) is 5. The van der Waals surface area contributed by atoms with Gasteiger partial charge in [0.25, 0.3) is 0 Å². The molecule has 0 radical (unpaired) electrons. The Kier molecular flexibility index (Phi) is 6.57. The van der Waals surface area contributed by atoms with Crippen molar-refractivity contribution in [1.82, 2.24) is 20.3 Å². The third kappa shape index (κ3) is 7.47. The first-order valence-corrected chi connectivity index (χ1v) is 9.35. The molecule has 0 saturated carbocycles. The summed E-state index contributed by atoms with van der Waals surface area (Å²) in [6, 6.07) is 0. The molecule has 0 saturated heterocycles. The van der Waals surface area contributed by atoms with Crippen molar-refractivity contribution in [2.45, 2.75) is 46.7 Å². The Morgan fingerprint density at radius 1 is 1.30 bits per heavy atom. The monoisotopic (exact) mass is 345 g/mol. The molecule has 0 fully saturated rings. The molecule has 0 atom stereocenters. The van der Waals surface area contributed by atoms with E-state index in [0.29, 0.717) is 31.5 Å². The number of aliphatic imine (C=N–C) groups is 1. The molecule has 0 aromatic carbocycles. The van der Waals surface area contributed by atoms with Crippen LogP contribution in [-0.4, -0.2) is 44.2 Å². The standard InChI is InChI=1S/C14H27N5O3S/c1-7-15-13(16-8-12-18-10(2)11(3)22-12)17-9-14(4,5)19-23(6,20)21/h19H,7-9H2,1-6H3,(H2,15,16,17). The smallest absolute Gasteiger partial charge is 0.216 e. The van der Waals surface area contributed by atoms with Crippen LogP contribution >= 0.6 is 0 Å². The van der Waals surface area contributed by atoms with Crippen LogP contribution in [0.15, 0.2) is 9.41 Å². The molecule has 23 heavy (non-hydrogen) atoms. The summed E-state index contributed by atoms with van der Waals surface area (Å²) in [7, 11) is -3.27. The lowest BCUT2D eigenvalue weighted by molar-refractivity contribution is 0.445. The van der Waals surface area contributed by atoms with E-state index >= 15 is 0 Å². The second-order valence-electron chi connectivity index (χ2n) is 6.06. The summed E-state index contributed by atoms with van der Waals surface area (Å²) in [5.41, 5.74) is 0.214. The van der Waals surface area contributed by atoms with E-state index in [-0.39, 0.29) is 0 Å². The van der Waals surface area contributed by atoms with Crippen molar-refractivity contribution in [3.05, 3.63) is 17.3 Å². The number of nitrogens with one attached hydrogen (secondary N) is 3. The number of oxazole rings is 1. The van der Waals surface area contributed by atoms with Gasteiger partial charge in [-0.25, -0.2) is 23.1 Å². The Bertz CT molecular complexity index is 630. The highest BCUT2D eigenvalue weighted by atomic mass is 32.2. The van der Waals surface area contributed by atoms with Crippen LogP contribution in [0.1, 0.15) is 38.1 Å². The molecule has 3 N–H and O–H groups in total. The first kappa shape index (κ1) is 19.4. The van der Waals surface area contributed by atoms with Gasteiger partial charge < -0.3 is 15.1 Å². The maximum absolute atomic E-state index is 11.4. The third-order valence-corrected chi connectivity index (χ3v) is 3.87. The third-order valence-electron chi connectivity index (χ3n) is 2.95. The zero-order valence-corrected chi connectivity index (χ0v) is 15.5. The van der Waals surface area contributed by atoms with Gasteiger partial charge in [-0.3, -0.25) is 0 Å².